The first kappa shape index (κ1) is 15.9. The average molecular weight is 364 g/mol. The predicted octanol–water partition coefficient (Wildman–Crippen LogP) is 2.58. The van der Waals surface area contributed by atoms with Gasteiger partial charge >= 0.3 is 5.97 Å². The summed E-state index contributed by atoms with van der Waals surface area (Å²) in [7, 11) is -3.21. The number of nitrogens with zero attached hydrogens (tertiary/aromatic N) is 1. The number of hydrogen-bond donors (Lipinski definition) is 0. The SMILES string of the molecule is O=C(OCC1CC1(Cl)Cl)c1ccc(N2CCCS2(=O)=O)cc1. The van der Waals surface area contributed by atoms with Crippen LogP contribution >= 0.6 is 23.2 Å². The molecule has 0 amide bonds. The van der Waals surface area contributed by atoms with Crippen molar-refractivity contribution in [2.75, 3.05) is 23.2 Å². The molecular formula is C14H15Cl2NO4S. The van der Waals surface area contributed by atoms with Crippen molar-refractivity contribution in [3.63, 3.8) is 0 Å². The van der Waals surface area contributed by atoms with Gasteiger partial charge in [-0.05, 0) is 37.1 Å². The fraction of sp³-hybridized carbons (Fsp3) is 0.500. The van der Waals surface area contributed by atoms with Crippen LogP contribution in [0.2, 0.25) is 0 Å². The van der Waals surface area contributed by atoms with E-state index in [1.54, 1.807) is 24.3 Å². The maximum absolute atomic E-state index is 11.9. The molecule has 5 nitrogen and oxygen atoms in total. The molecule has 1 saturated carbocycles. The van der Waals surface area contributed by atoms with Crippen LogP contribution in [0, 0.1) is 5.92 Å². The number of benzene rings is 1. The molecule has 0 bridgehead atoms. The largest absolute Gasteiger partial charge is 0.462 e. The lowest BCUT2D eigenvalue weighted by molar-refractivity contribution is 0.0485. The van der Waals surface area contributed by atoms with Crippen LogP contribution in [0.25, 0.3) is 0 Å². The Bertz CT molecular complexity index is 687. The molecular weight excluding hydrogens is 349 g/mol. The van der Waals surface area contributed by atoms with Gasteiger partial charge in [-0.15, -0.1) is 23.2 Å². The molecule has 1 unspecified atom stereocenters. The third-order valence-electron chi connectivity index (χ3n) is 3.86. The van der Waals surface area contributed by atoms with Crippen molar-refractivity contribution < 1.29 is 17.9 Å². The normalized spacial score (nSPS) is 25.0. The van der Waals surface area contributed by atoms with Crippen molar-refractivity contribution in [3.05, 3.63) is 29.8 Å². The summed E-state index contributed by atoms with van der Waals surface area (Å²) < 4.78 is 29.4. The number of esters is 1. The van der Waals surface area contributed by atoms with E-state index in [1.165, 1.54) is 4.31 Å². The van der Waals surface area contributed by atoms with Crippen LogP contribution < -0.4 is 4.31 Å². The maximum atomic E-state index is 11.9. The zero-order valence-electron chi connectivity index (χ0n) is 11.7. The minimum Gasteiger partial charge on any atom is -0.462 e. The van der Waals surface area contributed by atoms with E-state index in [0.29, 0.717) is 30.6 Å². The van der Waals surface area contributed by atoms with E-state index in [9.17, 15) is 13.2 Å². The van der Waals surface area contributed by atoms with E-state index in [4.69, 9.17) is 27.9 Å². The maximum Gasteiger partial charge on any atom is 0.338 e. The average Bonchev–Trinajstić information content (AvgIpc) is 2.91. The minimum atomic E-state index is -3.21. The summed E-state index contributed by atoms with van der Waals surface area (Å²) in [6, 6.07) is 6.36. The Morgan fingerprint density at radius 3 is 2.45 bits per heavy atom. The van der Waals surface area contributed by atoms with Crippen molar-refractivity contribution in [2.45, 2.75) is 17.2 Å². The molecule has 0 N–H and O–H groups in total. The third kappa shape index (κ3) is 3.19. The van der Waals surface area contributed by atoms with E-state index >= 15 is 0 Å². The molecule has 8 heteroatoms. The van der Waals surface area contributed by atoms with E-state index in [0.717, 1.165) is 0 Å². The van der Waals surface area contributed by atoms with Gasteiger partial charge in [0.15, 0.2) is 0 Å². The lowest BCUT2D eigenvalue weighted by Gasteiger charge is -2.16. The van der Waals surface area contributed by atoms with Crippen LogP contribution in [0.15, 0.2) is 24.3 Å². The van der Waals surface area contributed by atoms with Crippen LogP contribution in [-0.4, -0.2) is 37.6 Å². The molecule has 3 rings (SSSR count). The standard InChI is InChI=1S/C14H15Cl2NO4S/c15-14(16)8-11(14)9-21-13(18)10-2-4-12(5-3-10)17-6-1-7-22(17,19)20/h2-5,11H,1,6-9H2. The molecule has 0 spiro atoms. The monoisotopic (exact) mass is 363 g/mol. The second kappa shape index (κ2) is 5.58. The quantitative estimate of drug-likeness (QED) is 0.609. The lowest BCUT2D eigenvalue weighted by atomic mass is 10.2. The molecule has 1 saturated heterocycles. The number of alkyl halides is 2. The first-order valence-electron chi connectivity index (χ1n) is 6.95. The zero-order valence-corrected chi connectivity index (χ0v) is 14.0. The highest BCUT2D eigenvalue weighted by Crippen LogP contribution is 2.53. The summed E-state index contributed by atoms with van der Waals surface area (Å²) >= 11 is 11.7. The Morgan fingerprint density at radius 1 is 1.32 bits per heavy atom. The van der Waals surface area contributed by atoms with Crippen molar-refractivity contribution >= 4 is 44.9 Å². The molecule has 120 valence electrons. The van der Waals surface area contributed by atoms with E-state index in [-0.39, 0.29) is 18.3 Å². The van der Waals surface area contributed by atoms with Crippen LogP contribution in [0.4, 0.5) is 5.69 Å². The number of anilines is 1. The van der Waals surface area contributed by atoms with Crippen molar-refractivity contribution in [1.82, 2.24) is 0 Å². The van der Waals surface area contributed by atoms with Gasteiger partial charge in [-0.3, -0.25) is 4.31 Å². The number of sulfonamides is 1. The fourth-order valence-electron chi connectivity index (χ4n) is 2.40. The zero-order chi connectivity index (χ0) is 16.0. The van der Waals surface area contributed by atoms with Gasteiger partial charge in [0, 0.05) is 12.5 Å². The van der Waals surface area contributed by atoms with Gasteiger partial charge in [-0.2, -0.15) is 0 Å². The smallest absolute Gasteiger partial charge is 0.338 e. The Balaban J connectivity index is 1.63. The number of hydrogen-bond acceptors (Lipinski definition) is 4. The summed E-state index contributed by atoms with van der Waals surface area (Å²) in [5.41, 5.74) is 0.938. The number of carbonyl (C=O) groups is 1. The Morgan fingerprint density at radius 2 is 1.95 bits per heavy atom. The summed E-state index contributed by atoms with van der Waals surface area (Å²) in [4.78, 5) is 11.9. The van der Waals surface area contributed by atoms with Gasteiger partial charge in [0.25, 0.3) is 0 Å². The van der Waals surface area contributed by atoms with Gasteiger partial charge in [0.2, 0.25) is 10.0 Å². The second-order valence-electron chi connectivity index (χ2n) is 5.55. The third-order valence-corrected chi connectivity index (χ3v) is 6.66. The van der Waals surface area contributed by atoms with Crippen molar-refractivity contribution in [1.29, 1.82) is 0 Å². The first-order valence-corrected chi connectivity index (χ1v) is 9.31. The van der Waals surface area contributed by atoms with Crippen LogP contribution in [0.3, 0.4) is 0 Å². The van der Waals surface area contributed by atoms with Gasteiger partial charge in [-0.1, -0.05) is 0 Å². The highest BCUT2D eigenvalue weighted by atomic mass is 35.5. The summed E-state index contributed by atoms with van der Waals surface area (Å²) in [5, 5.41) is 0. The summed E-state index contributed by atoms with van der Waals surface area (Å²) in [5.74, 6) is -0.322. The van der Waals surface area contributed by atoms with Crippen LogP contribution in [-0.2, 0) is 14.8 Å². The molecule has 2 aliphatic rings. The van der Waals surface area contributed by atoms with Gasteiger partial charge in [0.1, 0.15) is 4.33 Å². The van der Waals surface area contributed by atoms with Crippen LogP contribution in [0.5, 0.6) is 0 Å². The molecule has 22 heavy (non-hydrogen) atoms. The van der Waals surface area contributed by atoms with E-state index in [1.807, 2.05) is 0 Å². The molecule has 1 aromatic rings. The van der Waals surface area contributed by atoms with Gasteiger partial charge < -0.3 is 4.74 Å². The molecule has 0 radical (unpaired) electrons. The molecule has 0 aromatic heterocycles. The number of ether oxygens (including phenoxy) is 1. The molecule has 1 aliphatic carbocycles. The Labute approximate surface area is 139 Å². The Kier molecular flexibility index (Phi) is 4.03. The number of rotatable bonds is 4. The first-order chi connectivity index (χ1) is 10.3. The molecule has 1 aliphatic heterocycles. The number of halogens is 2. The fourth-order valence-corrected chi connectivity index (χ4v) is 4.47. The van der Waals surface area contributed by atoms with E-state index < -0.39 is 20.3 Å². The molecule has 1 heterocycles. The summed E-state index contributed by atoms with van der Waals surface area (Å²) in [6.45, 7) is 0.662. The topological polar surface area (TPSA) is 63.7 Å². The van der Waals surface area contributed by atoms with Gasteiger partial charge in [0.05, 0.1) is 23.6 Å². The van der Waals surface area contributed by atoms with Gasteiger partial charge in [-0.25, -0.2) is 13.2 Å². The Hall–Kier alpha value is -0.980. The minimum absolute atomic E-state index is 0.0196. The second-order valence-corrected chi connectivity index (χ2v) is 9.10. The van der Waals surface area contributed by atoms with Crippen molar-refractivity contribution in [2.24, 2.45) is 5.92 Å². The molecule has 1 aromatic carbocycles. The number of carbonyl (C=O) groups excluding carboxylic acids is 1. The highest BCUT2D eigenvalue weighted by molar-refractivity contribution is 7.93. The van der Waals surface area contributed by atoms with Crippen LogP contribution in [0.1, 0.15) is 23.2 Å². The van der Waals surface area contributed by atoms with E-state index in [2.05, 4.69) is 0 Å². The summed E-state index contributed by atoms with van der Waals surface area (Å²) in [6.07, 6.45) is 1.24. The lowest BCUT2D eigenvalue weighted by Crippen LogP contribution is -2.25. The molecule has 1 atom stereocenters. The predicted molar refractivity (Wildman–Crippen MR) is 85.0 cm³/mol. The van der Waals surface area contributed by atoms with Crippen molar-refractivity contribution in [3.8, 4) is 0 Å². The highest BCUT2D eigenvalue weighted by Gasteiger charge is 2.52. The molecule has 2 fully saturated rings.